The van der Waals surface area contributed by atoms with Gasteiger partial charge < -0.3 is 10.1 Å². The van der Waals surface area contributed by atoms with Gasteiger partial charge in [0.15, 0.2) is 5.13 Å². The zero-order chi connectivity index (χ0) is 19.4. The highest BCUT2D eigenvalue weighted by atomic mass is 32.1. The van der Waals surface area contributed by atoms with Crippen LogP contribution < -0.4 is 10.1 Å². The standard InChI is InChI=1S/C20H19N3O4S/c1-2-27-12-5-6-14-13(8-12)21-20(28-14)22-15(24)9-23-18(25)16-10-3-4-11(7-10)17(16)19(23)26/h3-6,8,10-11,16-17H,2,7,9H2,1H3,(H,21,22,24)/t10-,11-,16+,17+/m0/s1. The van der Waals surface area contributed by atoms with Gasteiger partial charge in [0.2, 0.25) is 17.7 Å². The highest BCUT2D eigenvalue weighted by molar-refractivity contribution is 7.22. The zero-order valence-electron chi connectivity index (χ0n) is 15.3. The summed E-state index contributed by atoms with van der Waals surface area (Å²) < 4.78 is 6.39. The Kier molecular flexibility index (Phi) is 3.97. The molecule has 8 heteroatoms. The van der Waals surface area contributed by atoms with Gasteiger partial charge >= 0.3 is 0 Å². The number of hydrogen-bond donors (Lipinski definition) is 1. The quantitative estimate of drug-likeness (QED) is 0.618. The van der Waals surface area contributed by atoms with E-state index in [9.17, 15) is 14.4 Å². The Bertz CT molecular complexity index is 1000. The van der Waals surface area contributed by atoms with Crippen LogP contribution in [0.1, 0.15) is 13.3 Å². The minimum atomic E-state index is -0.411. The maximum absolute atomic E-state index is 12.7. The number of carbonyl (C=O) groups excluding carboxylic acids is 3. The van der Waals surface area contributed by atoms with E-state index in [1.807, 2.05) is 37.3 Å². The average molecular weight is 397 g/mol. The maximum atomic E-state index is 12.7. The van der Waals surface area contributed by atoms with Crippen molar-refractivity contribution in [3.05, 3.63) is 30.4 Å². The number of carbonyl (C=O) groups is 3. The maximum Gasteiger partial charge on any atom is 0.246 e. The fourth-order valence-corrected chi connectivity index (χ4v) is 5.50. The highest BCUT2D eigenvalue weighted by Crippen LogP contribution is 2.52. The van der Waals surface area contributed by atoms with Crippen molar-refractivity contribution in [3.8, 4) is 5.75 Å². The zero-order valence-corrected chi connectivity index (χ0v) is 16.1. The first-order chi connectivity index (χ1) is 13.5. The lowest BCUT2D eigenvalue weighted by molar-refractivity contribution is -0.143. The Morgan fingerprint density at radius 2 is 1.96 bits per heavy atom. The van der Waals surface area contributed by atoms with Crippen LogP contribution in [0.25, 0.3) is 10.2 Å². The number of anilines is 1. The largest absolute Gasteiger partial charge is 0.494 e. The second-order valence-electron chi connectivity index (χ2n) is 7.39. The smallest absolute Gasteiger partial charge is 0.246 e. The predicted molar refractivity (Wildman–Crippen MR) is 104 cm³/mol. The molecular weight excluding hydrogens is 378 g/mol. The SMILES string of the molecule is CCOc1ccc2sc(NC(=O)CN3C(=O)[C@H]4[C@H](C3=O)[C@H]3C=C[C@H]4C3)nc2c1. The van der Waals surface area contributed by atoms with Crippen molar-refractivity contribution in [2.75, 3.05) is 18.5 Å². The number of aromatic nitrogens is 1. The molecule has 144 valence electrons. The van der Waals surface area contributed by atoms with Crippen molar-refractivity contribution >= 4 is 44.4 Å². The number of imide groups is 1. The van der Waals surface area contributed by atoms with E-state index in [1.54, 1.807) is 0 Å². The van der Waals surface area contributed by atoms with Crippen molar-refractivity contribution in [2.45, 2.75) is 13.3 Å². The van der Waals surface area contributed by atoms with Crippen LogP contribution in [0.2, 0.25) is 0 Å². The van der Waals surface area contributed by atoms with Crippen LogP contribution in [-0.2, 0) is 14.4 Å². The molecule has 2 aliphatic carbocycles. The molecule has 5 rings (SSSR count). The first kappa shape index (κ1) is 17.4. The van der Waals surface area contributed by atoms with Crippen LogP contribution >= 0.6 is 11.3 Å². The third kappa shape index (κ3) is 2.63. The Morgan fingerprint density at radius 1 is 1.25 bits per heavy atom. The molecule has 2 fully saturated rings. The summed E-state index contributed by atoms with van der Waals surface area (Å²) in [5, 5.41) is 3.16. The summed E-state index contributed by atoms with van der Waals surface area (Å²) in [5.74, 6) is -0.399. The van der Waals surface area contributed by atoms with E-state index in [1.165, 1.54) is 11.3 Å². The molecule has 3 aliphatic rings. The van der Waals surface area contributed by atoms with Gasteiger partial charge in [0.1, 0.15) is 12.3 Å². The van der Waals surface area contributed by atoms with E-state index in [2.05, 4.69) is 10.3 Å². The van der Waals surface area contributed by atoms with Crippen molar-refractivity contribution in [1.29, 1.82) is 0 Å². The Morgan fingerprint density at radius 3 is 2.64 bits per heavy atom. The number of ether oxygens (including phenoxy) is 1. The molecule has 1 aliphatic heterocycles. The van der Waals surface area contributed by atoms with Gasteiger partial charge in [0.25, 0.3) is 0 Å². The van der Waals surface area contributed by atoms with Crippen LogP contribution in [0.5, 0.6) is 5.75 Å². The third-order valence-corrected chi connectivity index (χ3v) is 6.73. The molecule has 0 radical (unpaired) electrons. The van der Waals surface area contributed by atoms with Gasteiger partial charge in [-0.15, -0.1) is 0 Å². The van der Waals surface area contributed by atoms with E-state index < -0.39 is 5.91 Å². The van der Waals surface area contributed by atoms with Crippen molar-refractivity contribution < 1.29 is 19.1 Å². The molecular formula is C20H19N3O4S. The van der Waals surface area contributed by atoms with Gasteiger partial charge in [-0.3, -0.25) is 19.3 Å². The third-order valence-electron chi connectivity index (χ3n) is 5.78. The first-order valence-corrected chi connectivity index (χ1v) is 10.2. The molecule has 7 nitrogen and oxygen atoms in total. The number of fused-ring (bicyclic) bond motifs is 6. The molecule has 1 saturated carbocycles. The summed E-state index contributed by atoms with van der Waals surface area (Å²) >= 11 is 1.34. The summed E-state index contributed by atoms with van der Waals surface area (Å²) in [7, 11) is 0. The van der Waals surface area contributed by atoms with Crippen LogP contribution in [0, 0.1) is 23.7 Å². The number of amides is 3. The summed E-state index contributed by atoms with van der Waals surface area (Å²) in [5.41, 5.74) is 0.733. The number of thiazole rings is 1. The van der Waals surface area contributed by atoms with Gasteiger partial charge in [-0.05, 0) is 37.3 Å². The summed E-state index contributed by atoms with van der Waals surface area (Å²) in [6.07, 6.45) is 4.96. The molecule has 2 bridgehead atoms. The Balaban J connectivity index is 1.28. The normalized spacial score (nSPS) is 27.7. The molecule has 2 aromatic rings. The molecule has 1 saturated heterocycles. The fraction of sp³-hybridized carbons (Fsp3) is 0.400. The molecule has 1 N–H and O–H groups in total. The second kappa shape index (κ2) is 6.41. The van der Waals surface area contributed by atoms with Crippen LogP contribution in [-0.4, -0.2) is 40.8 Å². The van der Waals surface area contributed by atoms with Gasteiger partial charge in [0.05, 0.1) is 28.7 Å². The topological polar surface area (TPSA) is 88.6 Å². The van der Waals surface area contributed by atoms with E-state index in [0.717, 1.165) is 27.3 Å². The Hall–Kier alpha value is -2.74. The molecule has 2 heterocycles. The predicted octanol–water partition coefficient (Wildman–Crippen LogP) is 2.44. The van der Waals surface area contributed by atoms with Gasteiger partial charge in [-0.25, -0.2) is 4.98 Å². The molecule has 1 aromatic heterocycles. The van der Waals surface area contributed by atoms with E-state index >= 15 is 0 Å². The monoisotopic (exact) mass is 397 g/mol. The lowest BCUT2D eigenvalue weighted by Gasteiger charge is -2.16. The molecule has 3 amide bonds. The van der Waals surface area contributed by atoms with Crippen LogP contribution in [0.3, 0.4) is 0 Å². The highest BCUT2D eigenvalue weighted by Gasteiger charge is 2.59. The molecule has 0 unspecified atom stereocenters. The molecule has 1 aromatic carbocycles. The number of likely N-dealkylation sites (tertiary alicyclic amines) is 1. The van der Waals surface area contributed by atoms with Gasteiger partial charge in [-0.2, -0.15) is 0 Å². The number of allylic oxidation sites excluding steroid dienone is 2. The number of hydrogen-bond acceptors (Lipinski definition) is 6. The summed E-state index contributed by atoms with van der Waals surface area (Å²) in [4.78, 5) is 43.4. The van der Waals surface area contributed by atoms with Crippen molar-refractivity contribution in [2.24, 2.45) is 23.7 Å². The van der Waals surface area contributed by atoms with Crippen LogP contribution in [0.4, 0.5) is 5.13 Å². The van der Waals surface area contributed by atoms with Crippen molar-refractivity contribution in [3.63, 3.8) is 0 Å². The van der Waals surface area contributed by atoms with Crippen LogP contribution in [0.15, 0.2) is 30.4 Å². The van der Waals surface area contributed by atoms with Gasteiger partial charge in [0, 0.05) is 6.07 Å². The number of rotatable bonds is 5. The molecule has 4 atom stereocenters. The summed E-state index contributed by atoms with van der Waals surface area (Å²) in [6, 6.07) is 5.58. The van der Waals surface area contributed by atoms with E-state index in [-0.39, 0.29) is 42.0 Å². The molecule has 28 heavy (non-hydrogen) atoms. The lowest BCUT2D eigenvalue weighted by Crippen LogP contribution is -2.39. The lowest BCUT2D eigenvalue weighted by atomic mass is 9.85. The number of nitrogens with zero attached hydrogens (tertiary/aromatic N) is 2. The average Bonchev–Trinajstić information content (AvgIpc) is 3.41. The van der Waals surface area contributed by atoms with Crippen molar-refractivity contribution in [1.82, 2.24) is 9.88 Å². The second-order valence-corrected chi connectivity index (χ2v) is 8.42. The van der Waals surface area contributed by atoms with E-state index in [4.69, 9.17) is 4.74 Å². The minimum Gasteiger partial charge on any atom is -0.494 e. The number of nitrogens with one attached hydrogen (secondary N) is 1. The van der Waals surface area contributed by atoms with Gasteiger partial charge in [-0.1, -0.05) is 23.5 Å². The minimum absolute atomic E-state index is 0.142. The first-order valence-electron chi connectivity index (χ1n) is 9.42. The molecule has 0 spiro atoms. The fourth-order valence-electron chi connectivity index (χ4n) is 4.64. The Labute approximate surface area is 165 Å². The van der Waals surface area contributed by atoms with E-state index in [0.29, 0.717) is 11.7 Å². The summed E-state index contributed by atoms with van der Waals surface area (Å²) in [6.45, 7) is 2.22. The number of benzene rings is 1.